The molecule has 3 heterocycles. The van der Waals surface area contributed by atoms with Gasteiger partial charge >= 0.3 is 5.97 Å². The van der Waals surface area contributed by atoms with Crippen LogP contribution in [0.2, 0.25) is 0 Å². The molecule has 7 heteroatoms. The number of carbonyl (C=O) groups is 1. The summed E-state index contributed by atoms with van der Waals surface area (Å²) in [5.74, 6) is 2.20. The van der Waals surface area contributed by atoms with Gasteiger partial charge < -0.3 is 10.0 Å². The highest BCUT2D eigenvalue weighted by Gasteiger charge is 2.24. The van der Waals surface area contributed by atoms with E-state index in [-0.39, 0.29) is 0 Å². The Labute approximate surface area is 124 Å². The van der Waals surface area contributed by atoms with Crippen molar-refractivity contribution in [2.45, 2.75) is 12.5 Å². The van der Waals surface area contributed by atoms with E-state index in [9.17, 15) is 4.79 Å². The normalized spacial score (nSPS) is 19.1. The van der Waals surface area contributed by atoms with Gasteiger partial charge in [-0.3, -0.25) is 4.40 Å². The average Bonchev–Trinajstić information content (AvgIpc) is 3.12. The van der Waals surface area contributed by atoms with Crippen molar-refractivity contribution in [1.82, 2.24) is 9.38 Å². The molecule has 1 unspecified atom stereocenters. The summed E-state index contributed by atoms with van der Waals surface area (Å²) in [6, 6.07) is 0.474. The number of hydrogen-bond donors (Lipinski definition) is 1. The van der Waals surface area contributed by atoms with Crippen LogP contribution in [0.4, 0.5) is 5.82 Å². The van der Waals surface area contributed by atoms with Crippen molar-refractivity contribution in [3.05, 3.63) is 23.3 Å². The maximum absolute atomic E-state index is 10.8. The van der Waals surface area contributed by atoms with E-state index in [2.05, 4.69) is 9.88 Å². The zero-order valence-corrected chi connectivity index (χ0v) is 12.7. The second kappa shape index (κ2) is 5.49. The Kier molecular flexibility index (Phi) is 3.71. The van der Waals surface area contributed by atoms with E-state index in [4.69, 9.17) is 5.11 Å². The summed E-state index contributed by atoms with van der Waals surface area (Å²) in [4.78, 5) is 18.5. The first-order chi connectivity index (χ1) is 9.66. The molecule has 20 heavy (non-hydrogen) atoms. The summed E-state index contributed by atoms with van der Waals surface area (Å²) >= 11 is 3.51. The molecule has 0 saturated carbocycles. The van der Waals surface area contributed by atoms with Crippen LogP contribution in [0.25, 0.3) is 11.0 Å². The summed E-state index contributed by atoms with van der Waals surface area (Å²) in [6.45, 7) is 0. The lowest BCUT2D eigenvalue weighted by molar-refractivity contribution is -0.131. The number of anilines is 1. The fraction of sp³-hybridized carbons (Fsp3) is 0.385. The minimum atomic E-state index is -0.944. The first-order valence-corrected chi connectivity index (χ1v) is 8.37. The highest BCUT2D eigenvalue weighted by atomic mass is 32.2. The average molecular weight is 309 g/mol. The Morgan fingerprint density at radius 3 is 3.20 bits per heavy atom. The number of rotatable bonds is 4. The van der Waals surface area contributed by atoms with Gasteiger partial charge in [-0.2, -0.15) is 11.8 Å². The van der Waals surface area contributed by atoms with Crippen molar-refractivity contribution in [2.24, 2.45) is 0 Å². The van der Waals surface area contributed by atoms with Crippen LogP contribution in [0, 0.1) is 0 Å². The van der Waals surface area contributed by atoms with Gasteiger partial charge in [0.15, 0.2) is 10.8 Å². The lowest BCUT2D eigenvalue weighted by atomic mass is 10.2. The maximum Gasteiger partial charge on any atom is 0.328 e. The van der Waals surface area contributed by atoms with Crippen molar-refractivity contribution < 1.29 is 9.90 Å². The molecule has 0 bridgehead atoms. The molecule has 1 saturated heterocycles. The zero-order valence-electron chi connectivity index (χ0n) is 11.0. The third kappa shape index (κ3) is 2.43. The van der Waals surface area contributed by atoms with Gasteiger partial charge in [-0.05, 0) is 18.2 Å². The summed E-state index contributed by atoms with van der Waals surface area (Å²) in [5, 5.41) is 10.8. The molecule has 1 aliphatic heterocycles. The van der Waals surface area contributed by atoms with E-state index in [0.717, 1.165) is 28.6 Å². The molecule has 5 nitrogen and oxygen atoms in total. The second-order valence-corrected chi connectivity index (χ2v) is 6.70. The van der Waals surface area contributed by atoms with Crippen LogP contribution in [-0.2, 0) is 4.79 Å². The standard InChI is InChI=1S/C13H15N3O2S2/c1-15(9-4-6-19-8-9)12-10(2-3-11(17)18)16-5-7-20-13(16)14-12/h2-3,5,7,9H,4,6,8H2,1H3,(H,17,18)/b3-2+. The molecule has 1 fully saturated rings. The fourth-order valence-electron chi connectivity index (χ4n) is 2.36. The lowest BCUT2D eigenvalue weighted by Gasteiger charge is -2.24. The Bertz CT molecular complexity index is 656. The molecule has 1 atom stereocenters. The number of carboxylic acid groups (broad SMARTS) is 1. The molecule has 2 aromatic rings. The van der Waals surface area contributed by atoms with Crippen LogP contribution < -0.4 is 4.90 Å². The summed E-state index contributed by atoms with van der Waals surface area (Å²) in [5.41, 5.74) is 0.836. The van der Waals surface area contributed by atoms with Gasteiger partial charge in [0.2, 0.25) is 0 Å². The molecule has 2 aromatic heterocycles. The number of fused-ring (bicyclic) bond motifs is 1. The van der Waals surface area contributed by atoms with E-state index >= 15 is 0 Å². The maximum atomic E-state index is 10.8. The predicted molar refractivity (Wildman–Crippen MR) is 83.9 cm³/mol. The molecule has 106 valence electrons. The molecule has 0 aromatic carbocycles. The first-order valence-electron chi connectivity index (χ1n) is 6.34. The van der Waals surface area contributed by atoms with Gasteiger partial charge in [0.25, 0.3) is 0 Å². The van der Waals surface area contributed by atoms with E-state index in [0.29, 0.717) is 6.04 Å². The van der Waals surface area contributed by atoms with Crippen molar-refractivity contribution in [1.29, 1.82) is 0 Å². The van der Waals surface area contributed by atoms with Crippen LogP contribution in [0.5, 0.6) is 0 Å². The quantitative estimate of drug-likeness (QED) is 0.879. The van der Waals surface area contributed by atoms with Crippen LogP contribution in [-0.4, -0.2) is 45.1 Å². The van der Waals surface area contributed by atoms with Crippen LogP contribution >= 0.6 is 23.1 Å². The van der Waals surface area contributed by atoms with Crippen molar-refractivity contribution in [3.8, 4) is 0 Å². The first kappa shape index (κ1) is 13.5. The molecular formula is C13H15N3O2S2. The van der Waals surface area contributed by atoms with Gasteiger partial charge in [-0.25, -0.2) is 9.78 Å². The number of aliphatic carboxylic acids is 1. The number of hydrogen-bond acceptors (Lipinski definition) is 5. The molecule has 0 spiro atoms. The number of imidazole rings is 1. The van der Waals surface area contributed by atoms with Gasteiger partial charge in [-0.1, -0.05) is 0 Å². The summed E-state index contributed by atoms with van der Waals surface area (Å²) < 4.78 is 1.94. The topological polar surface area (TPSA) is 57.8 Å². The number of nitrogens with zero attached hydrogens (tertiary/aromatic N) is 3. The molecule has 1 N–H and O–H groups in total. The van der Waals surface area contributed by atoms with Gasteiger partial charge in [0, 0.05) is 36.5 Å². The molecule has 0 radical (unpaired) electrons. The predicted octanol–water partition coefficient (Wildman–Crippen LogP) is 2.44. The Balaban J connectivity index is 2.02. The van der Waals surface area contributed by atoms with Crippen molar-refractivity contribution in [3.63, 3.8) is 0 Å². The van der Waals surface area contributed by atoms with Gasteiger partial charge in [0.1, 0.15) is 0 Å². The van der Waals surface area contributed by atoms with Gasteiger partial charge in [0.05, 0.1) is 5.69 Å². The van der Waals surface area contributed by atoms with E-state index < -0.39 is 5.97 Å². The Morgan fingerprint density at radius 1 is 1.65 bits per heavy atom. The highest BCUT2D eigenvalue weighted by molar-refractivity contribution is 7.99. The van der Waals surface area contributed by atoms with E-state index in [1.807, 2.05) is 34.8 Å². The third-order valence-electron chi connectivity index (χ3n) is 3.45. The Morgan fingerprint density at radius 2 is 2.50 bits per heavy atom. The molecule has 1 aliphatic rings. The fourth-order valence-corrected chi connectivity index (χ4v) is 4.34. The molecule has 3 rings (SSSR count). The second-order valence-electron chi connectivity index (χ2n) is 4.68. The number of aromatic nitrogens is 2. The summed E-state index contributed by atoms with van der Waals surface area (Å²) in [6.07, 6.45) is 5.87. The zero-order chi connectivity index (χ0) is 14.1. The highest BCUT2D eigenvalue weighted by Crippen LogP contribution is 2.30. The lowest BCUT2D eigenvalue weighted by Crippen LogP contribution is -2.32. The smallest absolute Gasteiger partial charge is 0.328 e. The minimum absolute atomic E-state index is 0.474. The minimum Gasteiger partial charge on any atom is -0.478 e. The van der Waals surface area contributed by atoms with Crippen molar-refractivity contribution >= 4 is 45.9 Å². The SMILES string of the molecule is CN(c1nc2sccn2c1/C=C/C(=O)O)C1CCSC1. The van der Waals surface area contributed by atoms with Crippen LogP contribution in [0.1, 0.15) is 12.1 Å². The summed E-state index contributed by atoms with van der Waals surface area (Å²) in [7, 11) is 2.04. The number of thioether (sulfide) groups is 1. The van der Waals surface area contributed by atoms with E-state index in [1.165, 1.54) is 11.8 Å². The van der Waals surface area contributed by atoms with Crippen LogP contribution in [0.3, 0.4) is 0 Å². The molecule has 0 amide bonds. The van der Waals surface area contributed by atoms with Crippen LogP contribution in [0.15, 0.2) is 17.7 Å². The van der Waals surface area contributed by atoms with Gasteiger partial charge in [-0.15, -0.1) is 11.3 Å². The number of carboxylic acids is 1. The third-order valence-corrected chi connectivity index (χ3v) is 5.35. The van der Waals surface area contributed by atoms with Crippen molar-refractivity contribution in [2.75, 3.05) is 23.5 Å². The molecular weight excluding hydrogens is 294 g/mol. The largest absolute Gasteiger partial charge is 0.478 e. The number of thiazole rings is 1. The monoisotopic (exact) mass is 309 g/mol. The molecule has 0 aliphatic carbocycles. The van der Waals surface area contributed by atoms with E-state index in [1.54, 1.807) is 17.4 Å². The Hall–Kier alpha value is -1.47.